The van der Waals surface area contributed by atoms with Crippen LogP contribution in [0.4, 0.5) is 5.69 Å². The summed E-state index contributed by atoms with van der Waals surface area (Å²) in [6, 6.07) is 22.5. The van der Waals surface area contributed by atoms with Gasteiger partial charge in [-0.25, -0.2) is 0 Å². The molecule has 0 saturated heterocycles. The van der Waals surface area contributed by atoms with Crippen LogP contribution in [0.15, 0.2) is 66.7 Å². The molecular formula is C17H13NO. The van der Waals surface area contributed by atoms with E-state index in [2.05, 4.69) is 35.6 Å². The largest absolute Gasteiger partial charge is 0.329 e. The Bertz CT molecular complexity index is 734. The molecule has 19 heavy (non-hydrogen) atoms. The van der Waals surface area contributed by atoms with Gasteiger partial charge in [-0.05, 0) is 40.1 Å². The van der Waals surface area contributed by atoms with Gasteiger partial charge in [0, 0.05) is 5.69 Å². The van der Waals surface area contributed by atoms with Crippen LogP contribution in [0.5, 0.6) is 0 Å². The molecule has 1 N–H and O–H groups in total. The van der Waals surface area contributed by atoms with Gasteiger partial charge in [0.2, 0.25) is 6.41 Å². The smallest absolute Gasteiger partial charge is 0.211 e. The molecular weight excluding hydrogens is 234 g/mol. The topological polar surface area (TPSA) is 29.1 Å². The highest BCUT2D eigenvalue weighted by Gasteiger charge is 2.00. The molecule has 0 bridgehead atoms. The monoisotopic (exact) mass is 247 g/mol. The number of fused-ring (bicyclic) bond motifs is 1. The second-order valence-electron chi connectivity index (χ2n) is 4.40. The van der Waals surface area contributed by atoms with E-state index in [1.807, 2.05) is 36.4 Å². The van der Waals surface area contributed by atoms with Crippen LogP contribution >= 0.6 is 0 Å². The molecule has 0 aliphatic carbocycles. The number of benzene rings is 3. The van der Waals surface area contributed by atoms with Crippen LogP contribution in [0, 0.1) is 0 Å². The molecule has 0 aromatic heterocycles. The van der Waals surface area contributed by atoms with Crippen molar-refractivity contribution < 1.29 is 4.79 Å². The predicted molar refractivity (Wildman–Crippen MR) is 79.1 cm³/mol. The van der Waals surface area contributed by atoms with Gasteiger partial charge < -0.3 is 5.32 Å². The SMILES string of the molecule is O=CNc1cccc(-c2ccc3ccccc3c2)c1. The number of amides is 1. The van der Waals surface area contributed by atoms with Crippen molar-refractivity contribution in [2.75, 3.05) is 5.32 Å². The number of carbonyl (C=O) groups excluding carboxylic acids is 1. The summed E-state index contributed by atoms with van der Waals surface area (Å²) in [7, 11) is 0. The summed E-state index contributed by atoms with van der Waals surface area (Å²) in [5.74, 6) is 0. The lowest BCUT2D eigenvalue weighted by Gasteiger charge is -2.06. The van der Waals surface area contributed by atoms with E-state index in [0.717, 1.165) is 16.8 Å². The highest BCUT2D eigenvalue weighted by molar-refractivity contribution is 5.88. The fraction of sp³-hybridized carbons (Fsp3) is 0. The lowest BCUT2D eigenvalue weighted by molar-refractivity contribution is -0.105. The van der Waals surface area contributed by atoms with Crippen molar-refractivity contribution in [1.82, 2.24) is 0 Å². The third kappa shape index (κ3) is 2.33. The van der Waals surface area contributed by atoms with Crippen LogP contribution < -0.4 is 5.32 Å². The first kappa shape index (κ1) is 11.5. The Kier molecular flexibility index (Phi) is 2.99. The Morgan fingerprint density at radius 2 is 1.53 bits per heavy atom. The summed E-state index contributed by atoms with van der Waals surface area (Å²) < 4.78 is 0. The highest BCUT2D eigenvalue weighted by atomic mass is 16.1. The van der Waals surface area contributed by atoms with Crippen LogP contribution in [0.2, 0.25) is 0 Å². The van der Waals surface area contributed by atoms with Gasteiger partial charge in [-0.3, -0.25) is 4.79 Å². The second kappa shape index (κ2) is 4.94. The molecule has 0 heterocycles. The van der Waals surface area contributed by atoms with E-state index in [9.17, 15) is 4.79 Å². The van der Waals surface area contributed by atoms with Gasteiger partial charge in [0.1, 0.15) is 0 Å². The Balaban J connectivity index is 2.08. The van der Waals surface area contributed by atoms with Crippen molar-refractivity contribution in [2.24, 2.45) is 0 Å². The van der Waals surface area contributed by atoms with Gasteiger partial charge in [-0.2, -0.15) is 0 Å². The van der Waals surface area contributed by atoms with Gasteiger partial charge in [0.05, 0.1) is 0 Å². The van der Waals surface area contributed by atoms with E-state index in [0.29, 0.717) is 6.41 Å². The van der Waals surface area contributed by atoms with Crippen molar-refractivity contribution >= 4 is 22.9 Å². The summed E-state index contributed by atoms with van der Waals surface area (Å²) in [4.78, 5) is 10.5. The molecule has 0 atom stereocenters. The Labute approximate surface area is 111 Å². The summed E-state index contributed by atoms with van der Waals surface area (Å²) in [5, 5.41) is 5.12. The summed E-state index contributed by atoms with van der Waals surface area (Å²) in [5.41, 5.74) is 3.05. The standard InChI is InChI=1S/C17H13NO/c19-12-18-17-7-3-6-15(11-17)16-9-8-13-4-1-2-5-14(13)10-16/h1-12H,(H,18,19). The lowest BCUT2D eigenvalue weighted by Crippen LogP contribution is -1.93. The van der Waals surface area contributed by atoms with Crippen molar-refractivity contribution in [3.8, 4) is 11.1 Å². The Morgan fingerprint density at radius 1 is 0.737 bits per heavy atom. The van der Waals surface area contributed by atoms with Crippen LogP contribution in [-0.2, 0) is 4.79 Å². The van der Waals surface area contributed by atoms with E-state index >= 15 is 0 Å². The molecule has 2 heteroatoms. The first-order valence-corrected chi connectivity index (χ1v) is 6.16. The minimum absolute atomic E-state index is 0.694. The third-order valence-corrected chi connectivity index (χ3v) is 3.17. The first-order chi connectivity index (χ1) is 9.36. The maximum atomic E-state index is 10.5. The van der Waals surface area contributed by atoms with E-state index in [4.69, 9.17) is 0 Å². The molecule has 0 saturated carbocycles. The molecule has 3 rings (SSSR count). The summed E-state index contributed by atoms with van der Waals surface area (Å²) >= 11 is 0. The van der Waals surface area contributed by atoms with E-state index in [1.165, 1.54) is 10.8 Å². The molecule has 0 fully saturated rings. The molecule has 0 radical (unpaired) electrons. The van der Waals surface area contributed by atoms with E-state index in [-0.39, 0.29) is 0 Å². The van der Waals surface area contributed by atoms with Crippen molar-refractivity contribution in [2.45, 2.75) is 0 Å². The molecule has 1 amide bonds. The van der Waals surface area contributed by atoms with Crippen molar-refractivity contribution in [3.05, 3.63) is 66.7 Å². The van der Waals surface area contributed by atoms with Gasteiger partial charge >= 0.3 is 0 Å². The van der Waals surface area contributed by atoms with Gasteiger partial charge in [0.25, 0.3) is 0 Å². The molecule has 92 valence electrons. The number of anilines is 1. The average molecular weight is 247 g/mol. The van der Waals surface area contributed by atoms with E-state index in [1.54, 1.807) is 0 Å². The summed E-state index contributed by atoms with van der Waals surface area (Å²) in [6.07, 6.45) is 0.694. The maximum Gasteiger partial charge on any atom is 0.211 e. The van der Waals surface area contributed by atoms with Crippen LogP contribution in [0.1, 0.15) is 0 Å². The van der Waals surface area contributed by atoms with Gasteiger partial charge in [-0.1, -0.05) is 48.5 Å². The predicted octanol–water partition coefficient (Wildman–Crippen LogP) is 4.08. The number of hydrogen-bond donors (Lipinski definition) is 1. The molecule has 2 nitrogen and oxygen atoms in total. The zero-order chi connectivity index (χ0) is 13.1. The molecule has 0 unspecified atom stereocenters. The minimum Gasteiger partial charge on any atom is -0.329 e. The number of nitrogens with one attached hydrogen (secondary N) is 1. The molecule has 3 aromatic rings. The highest BCUT2D eigenvalue weighted by Crippen LogP contribution is 2.26. The maximum absolute atomic E-state index is 10.5. The van der Waals surface area contributed by atoms with Crippen molar-refractivity contribution in [1.29, 1.82) is 0 Å². The first-order valence-electron chi connectivity index (χ1n) is 6.16. The molecule has 0 spiro atoms. The second-order valence-corrected chi connectivity index (χ2v) is 4.40. The van der Waals surface area contributed by atoms with Gasteiger partial charge in [0.15, 0.2) is 0 Å². The zero-order valence-corrected chi connectivity index (χ0v) is 10.3. The lowest BCUT2D eigenvalue weighted by atomic mass is 10.0. The minimum atomic E-state index is 0.694. The van der Waals surface area contributed by atoms with Gasteiger partial charge in [-0.15, -0.1) is 0 Å². The summed E-state index contributed by atoms with van der Waals surface area (Å²) in [6.45, 7) is 0. The van der Waals surface area contributed by atoms with Crippen LogP contribution in [-0.4, -0.2) is 6.41 Å². The fourth-order valence-electron chi connectivity index (χ4n) is 2.23. The fourth-order valence-corrected chi connectivity index (χ4v) is 2.23. The Morgan fingerprint density at radius 3 is 2.37 bits per heavy atom. The molecule has 0 aliphatic rings. The molecule has 0 aliphatic heterocycles. The van der Waals surface area contributed by atoms with Crippen LogP contribution in [0.3, 0.4) is 0 Å². The average Bonchev–Trinajstić information content (AvgIpc) is 2.47. The quantitative estimate of drug-likeness (QED) is 0.694. The molecule has 3 aromatic carbocycles. The third-order valence-electron chi connectivity index (χ3n) is 3.17. The zero-order valence-electron chi connectivity index (χ0n) is 10.3. The van der Waals surface area contributed by atoms with E-state index < -0.39 is 0 Å². The normalized spacial score (nSPS) is 10.3. The van der Waals surface area contributed by atoms with Crippen molar-refractivity contribution in [3.63, 3.8) is 0 Å². The Hall–Kier alpha value is -2.61. The number of rotatable bonds is 3. The van der Waals surface area contributed by atoms with Crippen LogP contribution in [0.25, 0.3) is 21.9 Å². The number of carbonyl (C=O) groups is 1. The number of hydrogen-bond acceptors (Lipinski definition) is 1.